The third kappa shape index (κ3) is 6.19. The van der Waals surface area contributed by atoms with Gasteiger partial charge in [0, 0.05) is 17.0 Å². The van der Waals surface area contributed by atoms with E-state index in [1.54, 1.807) is 19.9 Å². The maximum atomic E-state index is 13.5. The molecular formula is C22H23F3N4O3S. The fourth-order valence-corrected chi connectivity index (χ4v) is 4.03. The van der Waals surface area contributed by atoms with Gasteiger partial charge in [0.15, 0.2) is 0 Å². The van der Waals surface area contributed by atoms with E-state index >= 15 is 0 Å². The fourth-order valence-electron chi connectivity index (χ4n) is 3.18. The monoisotopic (exact) mass is 480 g/mol. The Morgan fingerprint density at radius 2 is 1.76 bits per heavy atom. The summed E-state index contributed by atoms with van der Waals surface area (Å²) < 4.78 is 69.6. The van der Waals surface area contributed by atoms with Crippen molar-refractivity contribution < 1.29 is 26.3 Å². The molecule has 0 bridgehead atoms. The SMILES string of the molecule is CCS(=O)(=O)CCCOc1nc(N)nc(-c2ccc(F)cc2)c1-c1cc(C)nc(C(F)F)c1. The number of aromatic nitrogens is 3. The van der Waals surface area contributed by atoms with Crippen LogP contribution in [0.25, 0.3) is 22.4 Å². The van der Waals surface area contributed by atoms with E-state index in [0.29, 0.717) is 16.8 Å². The van der Waals surface area contributed by atoms with Crippen molar-refractivity contribution >= 4 is 15.8 Å². The minimum Gasteiger partial charge on any atom is -0.477 e. The second kappa shape index (κ2) is 10.2. The summed E-state index contributed by atoms with van der Waals surface area (Å²) in [6.45, 7) is 3.12. The number of halogens is 3. The van der Waals surface area contributed by atoms with Gasteiger partial charge < -0.3 is 10.5 Å². The normalized spacial score (nSPS) is 11.7. The molecule has 0 aliphatic carbocycles. The maximum Gasteiger partial charge on any atom is 0.280 e. The molecule has 0 amide bonds. The van der Waals surface area contributed by atoms with E-state index in [2.05, 4.69) is 15.0 Å². The van der Waals surface area contributed by atoms with Crippen molar-refractivity contribution in [3.63, 3.8) is 0 Å². The number of aryl methyl sites for hydroxylation is 1. The van der Waals surface area contributed by atoms with Gasteiger partial charge in [-0.25, -0.2) is 26.6 Å². The van der Waals surface area contributed by atoms with Crippen LogP contribution in [0.5, 0.6) is 5.88 Å². The average Bonchev–Trinajstić information content (AvgIpc) is 2.76. The van der Waals surface area contributed by atoms with Crippen molar-refractivity contribution in [1.29, 1.82) is 0 Å². The first kappa shape index (κ1) is 24.4. The van der Waals surface area contributed by atoms with Crippen molar-refractivity contribution in [2.24, 2.45) is 0 Å². The number of hydrogen-bond acceptors (Lipinski definition) is 7. The molecule has 7 nitrogen and oxygen atoms in total. The predicted molar refractivity (Wildman–Crippen MR) is 119 cm³/mol. The first-order valence-corrected chi connectivity index (χ1v) is 12.0. The summed E-state index contributed by atoms with van der Waals surface area (Å²) in [5.41, 5.74) is 7.07. The molecule has 0 fully saturated rings. The van der Waals surface area contributed by atoms with Gasteiger partial charge in [0.1, 0.15) is 21.3 Å². The summed E-state index contributed by atoms with van der Waals surface area (Å²) >= 11 is 0. The molecule has 176 valence electrons. The van der Waals surface area contributed by atoms with Gasteiger partial charge in [0.05, 0.1) is 23.6 Å². The number of nitrogen functional groups attached to an aromatic ring is 1. The molecule has 0 unspecified atom stereocenters. The second-order valence-corrected chi connectivity index (χ2v) is 9.75. The van der Waals surface area contributed by atoms with Crippen molar-refractivity contribution in [2.45, 2.75) is 26.7 Å². The summed E-state index contributed by atoms with van der Waals surface area (Å²) in [6, 6.07) is 8.18. The van der Waals surface area contributed by atoms with Crippen LogP contribution in [0, 0.1) is 12.7 Å². The van der Waals surface area contributed by atoms with E-state index in [1.807, 2.05) is 0 Å². The number of anilines is 1. The van der Waals surface area contributed by atoms with Gasteiger partial charge in [-0.2, -0.15) is 4.98 Å². The van der Waals surface area contributed by atoms with Gasteiger partial charge in [-0.05, 0) is 55.3 Å². The molecule has 3 rings (SSSR count). The van der Waals surface area contributed by atoms with E-state index in [0.717, 1.165) is 0 Å². The Labute approximate surface area is 189 Å². The van der Waals surface area contributed by atoms with E-state index < -0.39 is 27.8 Å². The lowest BCUT2D eigenvalue weighted by Gasteiger charge is -2.16. The Balaban J connectivity index is 2.12. The topological polar surface area (TPSA) is 108 Å². The molecule has 3 aromatic rings. The number of pyridine rings is 1. The zero-order chi connectivity index (χ0) is 24.2. The van der Waals surface area contributed by atoms with Gasteiger partial charge in [0.25, 0.3) is 6.43 Å². The number of hydrogen-bond donors (Lipinski definition) is 1. The van der Waals surface area contributed by atoms with Crippen LogP contribution in [0.15, 0.2) is 36.4 Å². The zero-order valence-corrected chi connectivity index (χ0v) is 18.9. The number of sulfone groups is 1. The van der Waals surface area contributed by atoms with Crippen LogP contribution in [-0.2, 0) is 9.84 Å². The van der Waals surface area contributed by atoms with E-state index in [-0.39, 0.29) is 47.6 Å². The highest BCUT2D eigenvalue weighted by atomic mass is 32.2. The number of benzene rings is 1. The van der Waals surface area contributed by atoms with Crippen LogP contribution in [0.4, 0.5) is 19.1 Å². The van der Waals surface area contributed by atoms with Crippen molar-refractivity contribution in [3.05, 3.63) is 53.6 Å². The van der Waals surface area contributed by atoms with Gasteiger partial charge >= 0.3 is 0 Å². The Bertz CT molecular complexity index is 1240. The van der Waals surface area contributed by atoms with Crippen LogP contribution in [0.1, 0.15) is 31.2 Å². The highest BCUT2D eigenvalue weighted by Gasteiger charge is 2.21. The van der Waals surface area contributed by atoms with E-state index in [1.165, 1.54) is 30.3 Å². The molecule has 0 radical (unpaired) electrons. The van der Waals surface area contributed by atoms with Crippen LogP contribution in [0.2, 0.25) is 0 Å². The first-order valence-electron chi connectivity index (χ1n) is 10.1. The lowest BCUT2D eigenvalue weighted by Crippen LogP contribution is -2.13. The van der Waals surface area contributed by atoms with Crippen LogP contribution >= 0.6 is 0 Å². The molecule has 0 aliphatic rings. The number of ether oxygens (including phenoxy) is 1. The molecule has 11 heteroatoms. The number of nitrogens with two attached hydrogens (primary N) is 1. The average molecular weight is 481 g/mol. The smallest absolute Gasteiger partial charge is 0.280 e. The summed E-state index contributed by atoms with van der Waals surface area (Å²) in [4.78, 5) is 12.2. The van der Waals surface area contributed by atoms with Crippen LogP contribution in [0.3, 0.4) is 0 Å². The van der Waals surface area contributed by atoms with Gasteiger partial charge in [-0.1, -0.05) is 6.92 Å². The predicted octanol–water partition coefficient (Wildman–Crippen LogP) is 4.38. The van der Waals surface area contributed by atoms with Crippen molar-refractivity contribution in [2.75, 3.05) is 23.8 Å². The van der Waals surface area contributed by atoms with E-state index in [9.17, 15) is 21.6 Å². The molecule has 0 saturated heterocycles. The standard InChI is InChI=1S/C22H23F3N4O3S/c1-3-33(30,31)10-4-9-32-21-18(15-11-13(2)27-17(12-15)20(24)25)19(28-22(26)29-21)14-5-7-16(23)8-6-14/h5-8,11-12,20H,3-4,9-10H2,1-2H3,(H2,26,28,29). The summed E-state index contributed by atoms with van der Waals surface area (Å²) in [7, 11) is -3.18. The minimum atomic E-state index is -3.18. The quantitative estimate of drug-likeness (QED) is 0.453. The lowest BCUT2D eigenvalue weighted by molar-refractivity contribution is 0.146. The molecule has 2 N–H and O–H groups in total. The Morgan fingerprint density at radius 3 is 2.39 bits per heavy atom. The zero-order valence-electron chi connectivity index (χ0n) is 18.1. The molecule has 2 heterocycles. The van der Waals surface area contributed by atoms with Gasteiger partial charge in [0.2, 0.25) is 11.8 Å². The molecule has 0 spiro atoms. The van der Waals surface area contributed by atoms with Gasteiger partial charge in [-0.3, -0.25) is 4.98 Å². The number of rotatable bonds is 9. The number of nitrogens with zero attached hydrogens (tertiary/aromatic N) is 3. The summed E-state index contributed by atoms with van der Waals surface area (Å²) in [5.74, 6) is -0.667. The van der Waals surface area contributed by atoms with E-state index in [4.69, 9.17) is 10.5 Å². The lowest BCUT2D eigenvalue weighted by atomic mass is 9.99. The van der Waals surface area contributed by atoms with Crippen molar-refractivity contribution in [1.82, 2.24) is 15.0 Å². The largest absolute Gasteiger partial charge is 0.477 e. The minimum absolute atomic E-state index is 0.00142. The third-order valence-corrected chi connectivity index (χ3v) is 6.56. The fraction of sp³-hybridized carbons (Fsp3) is 0.318. The first-order chi connectivity index (χ1) is 15.6. The summed E-state index contributed by atoms with van der Waals surface area (Å²) in [6.07, 6.45) is -2.61. The Morgan fingerprint density at radius 1 is 1.06 bits per heavy atom. The molecule has 0 aliphatic heterocycles. The summed E-state index contributed by atoms with van der Waals surface area (Å²) in [5, 5.41) is 0. The van der Waals surface area contributed by atoms with Gasteiger partial charge in [-0.15, -0.1) is 0 Å². The second-order valence-electron chi connectivity index (χ2n) is 7.28. The van der Waals surface area contributed by atoms with Crippen LogP contribution < -0.4 is 10.5 Å². The molecular weight excluding hydrogens is 457 g/mol. The molecule has 2 aromatic heterocycles. The Kier molecular flexibility index (Phi) is 7.52. The Hall–Kier alpha value is -3.21. The molecule has 1 aromatic carbocycles. The maximum absolute atomic E-state index is 13.5. The van der Waals surface area contributed by atoms with Crippen molar-refractivity contribution in [3.8, 4) is 28.3 Å². The molecule has 0 saturated carbocycles. The van der Waals surface area contributed by atoms with Crippen LogP contribution in [-0.4, -0.2) is 41.5 Å². The highest BCUT2D eigenvalue weighted by Crippen LogP contribution is 2.39. The molecule has 33 heavy (non-hydrogen) atoms. The highest BCUT2D eigenvalue weighted by molar-refractivity contribution is 7.91. The third-order valence-electron chi connectivity index (χ3n) is 4.77. The number of alkyl halides is 2. The molecule has 0 atom stereocenters.